The number of likely N-dealkylation sites (tertiary alicyclic amines) is 1. The summed E-state index contributed by atoms with van der Waals surface area (Å²) in [5.74, 6) is -0.325. The van der Waals surface area contributed by atoms with Crippen LogP contribution in [0.3, 0.4) is 0 Å². The van der Waals surface area contributed by atoms with Crippen LogP contribution in [0.5, 0.6) is 5.75 Å². The Labute approximate surface area is 116 Å². The molecule has 6 heteroatoms. The quantitative estimate of drug-likeness (QED) is 0.649. The normalized spacial score (nSPS) is 21.1. The largest absolute Gasteiger partial charge is 0.505 e. The Morgan fingerprint density at radius 2 is 2.10 bits per heavy atom. The molecule has 0 aliphatic carbocycles. The second-order valence-corrected chi connectivity index (χ2v) is 5.56. The Morgan fingerprint density at radius 1 is 1.40 bits per heavy atom. The summed E-state index contributed by atoms with van der Waals surface area (Å²) in [6.07, 6.45) is -2.38. The molecule has 112 valence electrons. The highest BCUT2D eigenvalue weighted by atomic mass is 19.4. The molecule has 3 nitrogen and oxygen atoms in total. The lowest BCUT2D eigenvalue weighted by Gasteiger charge is -2.31. The summed E-state index contributed by atoms with van der Waals surface area (Å²) < 4.78 is 38.5. The second-order valence-electron chi connectivity index (χ2n) is 5.56. The number of piperidine rings is 1. The maximum absolute atomic E-state index is 12.8. The number of rotatable bonds is 2. The molecule has 1 fully saturated rings. The summed E-state index contributed by atoms with van der Waals surface area (Å²) in [4.78, 5) is 2.13. The van der Waals surface area contributed by atoms with Gasteiger partial charge in [-0.1, -0.05) is 6.92 Å². The van der Waals surface area contributed by atoms with E-state index in [4.69, 9.17) is 5.73 Å². The van der Waals surface area contributed by atoms with E-state index >= 15 is 0 Å². The van der Waals surface area contributed by atoms with Crippen LogP contribution in [0, 0.1) is 5.92 Å². The molecule has 1 unspecified atom stereocenters. The molecule has 1 aliphatic heterocycles. The number of halogens is 3. The molecular formula is C14H19F3N2O. The van der Waals surface area contributed by atoms with E-state index < -0.39 is 17.5 Å². The molecule has 0 radical (unpaired) electrons. The van der Waals surface area contributed by atoms with Crippen molar-refractivity contribution in [1.82, 2.24) is 4.90 Å². The summed E-state index contributed by atoms with van der Waals surface area (Å²) in [6, 6.07) is 2.41. The number of aromatic hydroxyl groups is 1. The first-order chi connectivity index (χ1) is 9.27. The number of hydrogen-bond donors (Lipinski definition) is 2. The fraction of sp³-hybridized carbons (Fsp3) is 0.571. The molecule has 1 aliphatic rings. The molecule has 0 aromatic heterocycles. The number of nitrogens with two attached hydrogens (primary N) is 1. The van der Waals surface area contributed by atoms with Gasteiger partial charge in [-0.2, -0.15) is 13.2 Å². The fourth-order valence-corrected chi connectivity index (χ4v) is 2.71. The van der Waals surface area contributed by atoms with Gasteiger partial charge in [0.1, 0.15) is 0 Å². The smallest absolute Gasteiger partial charge is 0.420 e. The lowest BCUT2D eigenvalue weighted by atomic mass is 9.99. The zero-order valence-corrected chi connectivity index (χ0v) is 11.4. The molecule has 1 aromatic rings. The molecule has 2 rings (SSSR count). The van der Waals surface area contributed by atoms with Crippen LogP contribution in [0.2, 0.25) is 0 Å². The van der Waals surface area contributed by atoms with Crippen molar-refractivity contribution in [2.24, 2.45) is 5.92 Å². The van der Waals surface area contributed by atoms with Crippen LogP contribution in [0.1, 0.15) is 30.9 Å². The first-order valence-corrected chi connectivity index (χ1v) is 6.68. The molecule has 1 heterocycles. The van der Waals surface area contributed by atoms with Crippen molar-refractivity contribution in [1.29, 1.82) is 0 Å². The van der Waals surface area contributed by atoms with E-state index in [1.807, 2.05) is 0 Å². The van der Waals surface area contributed by atoms with E-state index in [1.54, 1.807) is 0 Å². The molecule has 1 atom stereocenters. The molecule has 0 saturated carbocycles. The van der Waals surface area contributed by atoms with Crippen LogP contribution in [0.15, 0.2) is 12.1 Å². The van der Waals surface area contributed by atoms with Gasteiger partial charge in [0.05, 0.1) is 11.3 Å². The van der Waals surface area contributed by atoms with Crippen molar-refractivity contribution in [3.05, 3.63) is 23.3 Å². The van der Waals surface area contributed by atoms with Gasteiger partial charge in [0, 0.05) is 13.1 Å². The summed E-state index contributed by atoms with van der Waals surface area (Å²) in [7, 11) is 0. The minimum atomic E-state index is -4.59. The predicted octanol–water partition coefficient (Wildman–Crippen LogP) is 3.23. The number of phenolic OH excluding ortho intramolecular Hbond substituents is 1. The highest BCUT2D eigenvalue weighted by Gasteiger charge is 2.35. The van der Waals surface area contributed by atoms with Crippen molar-refractivity contribution in [2.45, 2.75) is 32.5 Å². The number of phenols is 1. The highest BCUT2D eigenvalue weighted by Crippen LogP contribution is 2.39. The average molecular weight is 288 g/mol. The lowest BCUT2D eigenvalue weighted by molar-refractivity contribution is -0.138. The van der Waals surface area contributed by atoms with Gasteiger partial charge in [-0.25, -0.2) is 0 Å². The lowest BCUT2D eigenvalue weighted by Crippen LogP contribution is -2.33. The van der Waals surface area contributed by atoms with Crippen LogP contribution in [0.4, 0.5) is 18.9 Å². The van der Waals surface area contributed by atoms with E-state index in [2.05, 4.69) is 11.8 Å². The van der Waals surface area contributed by atoms with E-state index in [9.17, 15) is 18.3 Å². The van der Waals surface area contributed by atoms with Gasteiger partial charge in [-0.3, -0.25) is 4.90 Å². The van der Waals surface area contributed by atoms with Crippen LogP contribution < -0.4 is 5.73 Å². The molecule has 0 amide bonds. The molecule has 1 aromatic carbocycles. The maximum Gasteiger partial charge on any atom is 0.420 e. The van der Waals surface area contributed by atoms with E-state index in [-0.39, 0.29) is 5.69 Å². The maximum atomic E-state index is 12.8. The third kappa shape index (κ3) is 3.36. The number of benzene rings is 1. The van der Waals surface area contributed by atoms with Crippen molar-refractivity contribution < 1.29 is 18.3 Å². The Morgan fingerprint density at radius 3 is 2.70 bits per heavy atom. The van der Waals surface area contributed by atoms with Crippen LogP contribution in [-0.4, -0.2) is 23.1 Å². The number of alkyl halides is 3. The molecule has 0 spiro atoms. The second kappa shape index (κ2) is 5.52. The minimum Gasteiger partial charge on any atom is -0.505 e. The number of anilines is 1. The third-order valence-corrected chi connectivity index (χ3v) is 3.65. The highest BCUT2D eigenvalue weighted by molar-refractivity contribution is 5.58. The molecule has 1 saturated heterocycles. The predicted molar refractivity (Wildman–Crippen MR) is 71.2 cm³/mol. The van der Waals surface area contributed by atoms with Gasteiger partial charge < -0.3 is 10.8 Å². The molecule has 3 N–H and O–H groups in total. The van der Waals surface area contributed by atoms with Gasteiger partial charge >= 0.3 is 6.18 Å². The fourth-order valence-electron chi connectivity index (χ4n) is 2.71. The number of nitrogen functional groups attached to an aromatic ring is 1. The first kappa shape index (κ1) is 15.0. The first-order valence-electron chi connectivity index (χ1n) is 6.68. The standard InChI is InChI=1S/C14H19F3N2O/c1-9-3-2-4-19(7-9)8-10-5-11(14(15,16)17)13(20)12(18)6-10/h5-6,9,20H,2-4,7-8,18H2,1H3. The molecule has 20 heavy (non-hydrogen) atoms. The Balaban J connectivity index is 2.22. The van der Waals surface area contributed by atoms with Crippen LogP contribution in [0.25, 0.3) is 0 Å². The molecule has 0 bridgehead atoms. The minimum absolute atomic E-state index is 0.222. The van der Waals surface area contributed by atoms with Gasteiger partial charge in [0.2, 0.25) is 0 Å². The van der Waals surface area contributed by atoms with Crippen LogP contribution in [-0.2, 0) is 12.7 Å². The summed E-state index contributed by atoms with van der Waals surface area (Å²) in [5, 5.41) is 9.45. The van der Waals surface area contributed by atoms with Gasteiger partial charge in [-0.15, -0.1) is 0 Å². The van der Waals surface area contributed by atoms with Crippen molar-refractivity contribution >= 4 is 5.69 Å². The zero-order chi connectivity index (χ0) is 14.9. The number of nitrogens with zero attached hydrogens (tertiary/aromatic N) is 1. The summed E-state index contributed by atoms with van der Waals surface area (Å²) >= 11 is 0. The van der Waals surface area contributed by atoms with E-state index in [0.717, 1.165) is 32.0 Å². The summed E-state index contributed by atoms with van der Waals surface area (Å²) in [6.45, 7) is 4.32. The average Bonchev–Trinajstić information content (AvgIpc) is 2.32. The SMILES string of the molecule is CC1CCCN(Cc2cc(N)c(O)c(C(F)(F)F)c2)C1. The van der Waals surface area contributed by atoms with Crippen molar-refractivity contribution in [3.63, 3.8) is 0 Å². The van der Waals surface area contributed by atoms with E-state index in [1.165, 1.54) is 6.07 Å². The Bertz CT molecular complexity index is 488. The monoisotopic (exact) mass is 288 g/mol. The third-order valence-electron chi connectivity index (χ3n) is 3.65. The zero-order valence-electron chi connectivity index (χ0n) is 11.4. The van der Waals surface area contributed by atoms with Gasteiger partial charge in [0.25, 0.3) is 0 Å². The molecular weight excluding hydrogens is 269 g/mol. The Hall–Kier alpha value is -1.43. The van der Waals surface area contributed by atoms with Crippen molar-refractivity contribution in [2.75, 3.05) is 18.8 Å². The van der Waals surface area contributed by atoms with Crippen LogP contribution >= 0.6 is 0 Å². The summed E-state index contributed by atoms with van der Waals surface area (Å²) in [5.41, 5.74) is 4.69. The number of hydrogen-bond acceptors (Lipinski definition) is 3. The van der Waals surface area contributed by atoms with E-state index in [0.29, 0.717) is 18.0 Å². The topological polar surface area (TPSA) is 49.5 Å². The van der Waals surface area contributed by atoms with Gasteiger partial charge in [0.15, 0.2) is 5.75 Å². The Kier molecular flexibility index (Phi) is 4.13. The van der Waals surface area contributed by atoms with Crippen molar-refractivity contribution in [3.8, 4) is 5.75 Å². The van der Waals surface area contributed by atoms with Gasteiger partial charge in [-0.05, 0) is 43.0 Å².